The van der Waals surface area contributed by atoms with Crippen molar-refractivity contribution in [2.24, 2.45) is 0 Å². The van der Waals surface area contributed by atoms with Gasteiger partial charge < -0.3 is 54.8 Å². The van der Waals surface area contributed by atoms with Gasteiger partial charge in [0.2, 0.25) is 17.7 Å². The molecule has 12 rings (SSSR count). The Morgan fingerprint density at radius 3 is 1.48 bits per heavy atom. The Bertz CT molecular complexity index is 3220. The molecule has 0 fully saturated rings. The summed E-state index contributed by atoms with van der Waals surface area (Å²) < 4.78 is 0. The molecule has 6 heterocycles. The third-order valence-corrected chi connectivity index (χ3v) is 16.0. The summed E-state index contributed by atoms with van der Waals surface area (Å²) in [6.45, 7) is 13.9. The number of hydrogen-bond acceptors (Lipinski definition) is 7. The van der Waals surface area contributed by atoms with Crippen molar-refractivity contribution in [2.45, 2.75) is 118 Å². The topological polar surface area (TPSA) is 145 Å². The third-order valence-electron chi connectivity index (χ3n) is 16.0. The van der Waals surface area contributed by atoms with Crippen molar-refractivity contribution in [2.75, 3.05) is 67.9 Å². The van der Waals surface area contributed by atoms with Crippen LogP contribution in [0.15, 0.2) is 121 Å². The molecule has 17 heteroatoms. The summed E-state index contributed by atoms with van der Waals surface area (Å²) in [4.78, 5) is 78.4. The standard InChI is InChI=1S/C13H17NO.2C12H15NO.C11H13NO.C10H11N2O.C10H10NO.2CH3.U.V.2Y/c1-8-5-11-7-10(3)14(4)13(15)12(11)6-9(8)2;1-7-4-10-6-9(3)13-12(14)11(10)5-8(7)2;1-13-11-8-4-2-6-10(11)7-3-5-9-12(13)14;1-12-10-7-3-2-5-9(10)6-4-8-11(12)13;1-12-9-5-3-2-4-8(9)6-11-7-10(12)13;1-11-7-9(12)6-8-4-2-3-5-10(8)11;;;;;;/h5-6,10H,7H2,1-4H3;4-5,9H,6H2,1-3H3,(H,13,14);2,4,6,8H,3,5,7,9H2,1H3;2-3,5,7H,4,6,8H2,1H3;2-5H,6-7H2,1H3;2-6H,7H2,1H3;2*1H3;;;;/q;;;;4*-1;;;;. The molecule has 0 bridgehead atoms. The van der Waals surface area contributed by atoms with Crippen molar-refractivity contribution in [3.63, 3.8) is 0 Å². The number of aryl methyl sites for hydroxylation is 6. The summed E-state index contributed by atoms with van der Waals surface area (Å²) in [5, 5.41) is 7.10. The number of fused-ring (bicyclic) bond motifs is 6. The molecule has 0 spiro atoms. The van der Waals surface area contributed by atoms with Crippen LogP contribution in [-0.4, -0.2) is 101 Å². The zero-order chi connectivity index (χ0) is 58.5. The Hall–Kier alpha value is -4.19. The maximum absolute atomic E-state index is 12.0. The number of amides is 5. The van der Waals surface area contributed by atoms with Gasteiger partial charge in [-0.05, 0) is 174 Å². The predicted octanol–water partition coefficient (Wildman–Crippen LogP) is 12.3. The number of likely N-dealkylation sites (N-methyl/N-ethyl adjacent to an activating group) is 3. The number of Topliss-reactive ketones (excluding diaryl/α,β-unsaturated/α-hetero) is 1. The van der Waals surface area contributed by atoms with Crippen LogP contribution in [0.2, 0.25) is 0 Å². The minimum Gasteiger partial charge on any atom is -0.651 e. The molecule has 6 aromatic carbocycles. The van der Waals surface area contributed by atoms with Crippen molar-refractivity contribution in [3.05, 3.63) is 215 Å². The maximum Gasteiger partial charge on any atom is 0.254 e. The van der Waals surface area contributed by atoms with Crippen molar-refractivity contribution in [3.8, 4) is 0 Å². The van der Waals surface area contributed by atoms with Gasteiger partial charge in [-0.3, -0.25) is 24.0 Å². The second kappa shape index (κ2) is 38.5. The fraction of sp³-hybridized carbons (Fsp3) is 0.357. The van der Waals surface area contributed by atoms with Crippen LogP contribution in [0.5, 0.6) is 0 Å². The molecule has 2 atom stereocenters. The first-order valence-corrected chi connectivity index (χ1v) is 28.3. The number of nitrogens with zero attached hydrogens (tertiary/aromatic N) is 6. The molecular formula is C70H87N7O6UVY2-4. The fourth-order valence-electron chi connectivity index (χ4n) is 10.7. The van der Waals surface area contributed by atoms with E-state index in [9.17, 15) is 28.8 Å². The first-order chi connectivity index (χ1) is 38.7. The molecule has 3 radical (unpaired) electrons. The first kappa shape index (κ1) is 80.8. The monoisotopic (exact) mass is 1590 g/mol. The normalized spacial score (nSPS) is 16.7. The van der Waals surface area contributed by atoms with Crippen LogP contribution >= 0.6 is 0 Å². The molecule has 13 nitrogen and oxygen atoms in total. The van der Waals surface area contributed by atoms with Gasteiger partial charge in [-0.25, -0.2) is 0 Å². The third kappa shape index (κ3) is 21.7. The zero-order valence-corrected chi connectivity index (χ0v) is 64.7. The van der Waals surface area contributed by atoms with Crippen LogP contribution in [0, 0.1) is 80.1 Å². The fourth-order valence-corrected chi connectivity index (χ4v) is 10.7. The second-order valence-electron chi connectivity index (χ2n) is 22.1. The Balaban J connectivity index is 0.000000515. The van der Waals surface area contributed by atoms with Crippen LogP contribution in [0.25, 0.3) is 5.32 Å². The molecule has 5 amide bonds. The number of ketones is 1. The molecule has 2 unspecified atom stereocenters. The van der Waals surface area contributed by atoms with E-state index in [1.165, 1.54) is 44.5 Å². The molecule has 1 N–H and O–H groups in total. The van der Waals surface area contributed by atoms with Gasteiger partial charge in [-0.1, -0.05) is 91.1 Å². The summed E-state index contributed by atoms with van der Waals surface area (Å²) >= 11 is 0. The van der Waals surface area contributed by atoms with Crippen molar-refractivity contribution in [1.29, 1.82) is 0 Å². The van der Waals surface area contributed by atoms with Gasteiger partial charge in [0.1, 0.15) is 5.78 Å². The van der Waals surface area contributed by atoms with Gasteiger partial charge in [0.05, 0.1) is 6.54 Å². The van der Waals surface area contributed by atoms with E-state index in [1.54, 1.807) is 28.2 Å². The number of carbonyl (C=O) groups excluding carboxylic acids is 6. The van der Waals surface area contributed by atoms with Gasteiger partial charge in [0, 0.05) is 196 Å². The molecule has 0 saturated carbocycles. The van der Waals surface area contributed by atoms with E-state index in [0.717, 1.165) is 89.9 Å². The molecule has 0 aliphatic carbocycles. The van der Waals surface area contributed by atoms with Crippen LogP contribution in [0.4, 0.5) is 22.7 Å². The molecule has 6 aliphatic heterocycles. The van der Waals surface area contributed by atoms with Crippen molar-refractivity contribution in [1.82, 2.24) is 10.2 Å². The minimum atomic E-state index is 0. The molecule has 0 saturated heterocycles. The van der Waals surface area contributed by atoms with E-state index >= 15 is 0 Å². The summed E-state index contributed by atoms with van der Waals surface area (Å²) in [6.07, 6.45) is 10.2. The minimum absolute atomic E-state index is 0. The predicted molar refractivity (Wildman–Crippen MR) is 341 cm³/mol. The van der Waals surface area contributed by atoms with E-state index in [1.807, 2.05) is 149 Å². The van der Waals surface area contributed by atoms with Gasteiger partial charge in [0.25, 0.3) is 11.8 Å². The number of anilines is 4. The molecule has 0 aromatic heterocycles. The molecule has 87 heavy (non-hydrogen) atoms. The number of rotatable bonds is 0. The van der Waals surface area contributed by atoms with E-state index in [0.29, 0.717) is 38.5 Å². The average molecular weight is 1590 g/mol. The van der Waals surface area contributed by atoms with Gasteiger partial charge in [-0.15, -0.1) is 19.0 Å². The number of para-hydroxylation sites is 4. The SMILES string of the molecule is CN1C(=O)CCCCc2ccccc21.CN1C(=O)CCCc2ccccc21.CN1C(=O)C[N-]Cc2ccccc21.CN1CC(=O)[CH-]c2ccccc21.Cc1cc2c(cc1C)C(=O)N(C)C(C)C2.Cc1cc2c(cc1C)C(=O)NC(C)C2.[CH3-].[CH3-].[U].[V].[Y].[Y]. The Kier molecular flexibility index (Phi) is 35.8. The van der Waals surface area contributed by atoms with Gasteiger partial charge >= 0.3 is 0 Å². The second-order valence-corrected chi connectivity index (χ2v) is 22.1. The summed E-state index contributed by atoms with van der Waals surface area (Å²) in [6, 6.07) is 41.0. The van der Waals surface area contributed by atoms with Crippen molar-refractivity contribution < 1.29 is 144 Å². The van der Waals surface area contributed by atoms with Crippen LogP contribution in [0.3, 0.4) is 0 Å². The van der Waals surface area contributed by atoms with Gasteiger partial charge in [-0.2, -0.15) is 11.6 Å². The Labute approximate surface area is 606 Å². The van der Waals surface area contributed by atoms with E-state index in [4.69, 9.17) is 0 Å². The molecular weight excluding hydrogens is 1500 g/mol. The van der Waals surface area contributed by atoms with E-state index < -0.39 is 0 Å². The number of benzene rings is 6. The largest absolute Gasteiger partial charge is 0.651 e. The number of carbonyl (C=O) groups is 6. The summed E-state index contributed by atoms with van der Waals surface area (Å²) in [7, 11) is 9.33. The van der Waals surface area contributed by atoms with E-state index in [-0.39, 0.29) is 171 Å². The molecule has 6 aliphatic rings. The maximum atomic E-state index is 12.0. The van der Waals surface area contributed by atoms with E-state index in [2.05, 4.69) is 62.6 Å². The quantitative estimate of drug-likeness (QED) is 0.149. The molecule has 457 valence electrons. The number of hydrogen-bond donors (Lipinski definition) is 1. The van der Waals surface area contributed by atoms with Crippen molar-refractivity contribution >= 4 is 58.1 Å². The number of nitrogens with one attached hydrogen (secondary N) is 1. The van der Waals surface area contributed by atoms with Gasteiger partial charge in [0.15, 0.2) is 0 Å². The van der Waals surface area contributed by atoms with Crippen LogP contribution < -0.4 is 24.9 Å². The smallest absolute Gasteiger partial charge is 0.254 e. The summed E-state index contributed by atoms with van der Waals surface area (Å²) in [5.74, 6) is 0.928. The Morgan fingerprint density at radius 2 is 0.920 bits per heavy atom. The zero-order valence-electron chi connectivity index (χ0n) is 53.5. The van der Waals surface area contributed by atoms with Crippen LogP contribution in [0.1, 0.15) is 122 Å². The average Bonchev–Trinajstić information content (AvgIpc) is 2.85. The first-order valence-electron chi connectivity index (χ1n) is 28.3. The molecule has 6 aromatic rings. The summed E-state index contributed by atoms with van der Waals surface area (Å²) in [5.41, 5.74) is 18.1. The Morgan fingerprint density at radius 1 is 0.494 bits per heavy atom. The van der Waals surface area contributed by atoms with Crippen LogP contribution in [-0.2, 0) is 135 Å².